The number of allylic oxidation sites excluding steroid dienone is 4. The van der Waals surface area contributed by atoms with Gasteiger partial charge in [0.2, 0.25) is 5.78 Å². The molecule has 8 unspecified atom stereocenters. The summed E-state index contributed by atoms with van der Waals surface area (Å²) in [4.78, 5) is 37.6. The molecule has 0 aromatic carbocycles. The number of aliphatic hydroxyl groups is 1. The van der Waals surface area contributed by atoms with E-state index in [1.807, 2.05) is 13.0 Å². The molecule has 0 aromatic heterocycles. The second kappa shape index (κ2) is 7.58. The van der Waals surface area contributed by atoms with Crippen molar-refractivity contribution in [1.29, 1.82) is 0 Å². The Bertz CT molecular complexity index is 1090. The molecule has 7 nitrogen and oxygen atoms in total. The average molecular weight is 503 g/mol. The van der Waals surface area contributed by atoms with Gasteiger partial charge in [0, 0.05) is 42.9 Å². The number of carbonyl (C=O) groups is 3. The summed E-state index contributed by atoms with van der Waals surface area (Å²) in [6, 6.07) is 0. The minimum atomic E-state index is -2.00. The van der Waals surface area contributed by atoms with E-state index < -0.39 is 58.6 Å². The van der Waals surface area contributed by atoms with E-state index in [4.69, 9.17) is 14.2 Å². The predicted molar refractivity (Wildman–Crippen MR) is 125 cm³/mol. The summed E-state index contributed by atoms with van der Waals surface area (Å²) in [6.45, 7) is 4.51. The van der Waals surface area contributed by atoms with Crippen molar-refractivity contribution in [3.63, 3.8) is 0 Å². The van der Waals surface area contributed by atoms with Crippen LogP contribution in [0.2, 0.25) is 0 Å². The number of hydrogen-bond donors (Lipinski definition) is 1. The standard InChI is InChI=1S/C28H35FO7/c1-16(30)34-15-22(33)28-23(35-26(36-28)9-4-5-10-26)13-20-19-7-6-17-12-18(31)8-11-24(17,2)27(19,29)21(32)14-25(20,28)3/h6,8,11,19-21,23,32H,4-5,7,9-10,12-15H2,1-3H3. The molecule has 36 heavy (non-hydrogen) atoms. The Morgan fingerprint density at radius 2 is 1.94 bits per heavy atom. The van der Waals surface area contributed by atoms with Crippen LogP contribution in [0.25, 0.3) is 0 Å². The second-order valence-electron chi connectivity index (χ2n) is 12.3. The van der Waals surface area contributed by atoms with E-state index in [0.29, 0.717) is 31.3 Å². The normalized spacial score (nSPS) is 48.1. The molecule has 3 saturated carbocycles. The molecule has 196 valence electrons. The van der Waals surface area contributed by atoms with Crippen molar-refractivity contribution in [2.45, 2.75) is 101 Å². The highest BCUT2D eigenvalue weighted by Crippen LogP contribution is 2.72. The van der Waals surface area contributed by atoms with Gasteiger partial charge < -0.3 is 19.3 Å². The van der Waals surface area contributed by atoms with E-state index in [1.54, 1.807) is 13.0 Å². The smallest absolute Gasteiger partial charge is 0.303 e. The zero-order valence-electron chi connectivity index (χ0n) is 21.2. The maximum Gasteiger partial charge on any atom is 0.303 e. The highest BCUT2D eigenvalue weighted by Gasteiger charge is 2.80. The average Bonchev–Trinajstić information content (AvgIpc) is 3.47. The molecule has 0 radical (unpaired) electrons. The Hall–Kier alpha value is -1.90. The summed E-state index contributed by atoms with van der Waals surface area (Å²) in [5, 5.41) is 11.6. The van der Waals surface area contributed by atoms with Gasteiger partial charge in [-0.2, -0.15) is 0 Å². The summed E-state index contributed by atoms with van der Waals surface area (Å²) in [6.07, 6.45) is 7.20. The summed E-state index contributed by atoms with van der Waals surface area (Å²) < 4.78 is 35.8. The van der Waals surface area contributed by atoms with Crippen molar-refractivity contribution < 1.29 is 38.1 Å². The maximum atomic E-state index is 17.4. The van der Waals surface area contributed by atoms with Gasteiger partial charge in [-0.1, -0.05) is 24.6 Å². The number of fused-ring (bicyclic) bond motifs is 7. The van der Waals surface area contributed by atoms with E-state index in [-0.39, 0.29) is 30.3 Å². The van der Waals surface area contributed by atoms with Gasteiger partial charge in [0.25, 0.3) is 0 Å². The lowest BCUT2D eigenvalue weighted by molar-refractivity contribution is -0.250. The molecule has 0 aromatic rings. The van der Waals surface area contributed by atoms with E-state index in [1.165, 1.54) is 13.0 Å². The van der Waals surface area contributed by atoms with Gasteiger partial charge in [0.05, 0.1) is 12.2 Å². The first kappa shape index (κ1) is 24.4. The Morgan fingerprint density at radius 3 is 2.64 bits per heavy atom. The second-order valence-corrected chi connectivity index (χ2v) is 12.3. The fraction of sp³-hybridized carbons (Fsp3) is 0.750. The number of alkyl halides is 1. The quantitative estimate of drug-likeness (QED) is 0.466. The van der Waals surface area contributed by atoms with E-state index >= 15 is 4.39 Å². The zero-order chi connectivity index (χ0) is 25.7. The van der Waals surface area contributed by atoms with Crippen LogP contribution in [0.4, 0.5) is 4.39 Å². The molecule has 8 heteroatoms. The molecule has 0 bridgehead atoms. The zero-order valence-corrected chi connectivity index (χ0v) is 21.2. The molecule has 4 fully saturated rings. The molecular formula is C28H35FO7. The molecular weight excluding hydrogens is 467 g/mol. The minimum Gasteiger partial charge on any atom is -0.458 e. The van der Waals surface area contributed by atoms with Gasteiger partial charge in [-0.3, -0.25) is 14.4 Å². The lowest BCUT2D eigenvalue weighted by atomic mass is 9.45. The van der Waals surface area contributed by atoms with E-state index in [2.05, 4.69) is 0 Å². The number of ketones is 2. The van der Waals surface area contributed by atoms with Crippen molar-refractivity contribution >= 4 is 17.5 Å². The van der Waals surface area contributed by atoms with Crippen LogP contribution in [0, 0.1) is 22.7 Å². The minimum absolute atomic E-state index is 0.0110. The van der Waals surface area contributed by atoms with Gasteiger partial charge in [-0.05, 0) is 51.0 Å². The van der Waals surface area contributed by atoms with Crippen molar-refractivity contribution in [3.05, 3.63) is 23.8 Å². The fourth-order valence-electron chi connectivity index (χ4n) is 8.95. The molecule has 1 saturated heterocycles. The number of carbonyl (C=O) groups excluding carboxylic acids is 3. The first-order chi connectivity index (χ1) is 16.9. The lowest BCUT2D eigenvalue weighted by Crippen LogP contribution is -2.69. The molecule has 6 aliphatic rings. The number of Topliss-reactive ketones (excluding diaryl/α,β-unsaturated/α-hetero) is 1. The molecule has 5 aliphatic carbocycles. The highest BCUT2D eigenvalue weighted by molar-refractivity contribution is 5.94. The predicted octanol–water partition coefficient (Wildman–Crippen LogP) is 3.52. The van der Waals surface area contributed by atoms with Crippen LogP contribution in [0.3, 0.4) is 0 Å². The van der Waals surface area contributed by atoms with Crippen LogP contribution in [0.1, 0.15) is 72.1 Å². The Kier molecular flexibility index (Phi) is 5.14. The molecule has 0 amide bonds. The first-order valence-corrected chi connectivity index (χ1v) is 13.3. The third-order valence-corrected chi connectivity index (χ3v) is 10.7. The molecule has 1 spiro atoms. The summed E-state index contributed by atoms with van der Waals surface area (Å²) in [5.74, 6) is -2.77. The van der Waals surface area contributed by atoms with Gasteiger partial charge in [0.15, 0.2) is 29.4 Å². The van der Waals surface area contributed by atoms with Gasteiger partial charge in [-0.15, -0.1) is 0 Å². The Balaban J connectivity index is 1.44. The van der Waals surface area contributed by atoms with Crippen molar-refractivity contribution in [2.24, 2.45) is 22.7 Å². The third-order valence-electron chi connectivity index (χ3n) is 10.7. The summed E-state index contributed by atoms with van der Waals surface area (Å²) in [7, 11) is 0. The van der Waals surface area contributed by atoms with Crippen LogP contribution in [-0.2, 0) is 28.6 Å². The van der Waals surface area contributed by atoms with Gasteiger partial charge in [0.1, 0.15) is 0 Å². The SMILES string of the molecule is CC(=O)OCC(=O)C12OC3(CCCC3)OC1CC1C3CC=C4CC(=O)C=CC4(C)C3(F)C(O)CC12C. The van der Waals surface area contributed by atoms with Crippen molar-refractivity contribution in [3.8, 4) is 0 Å². The van der Waals surface area contributed by atoms with Crippen LogP contribution < -0.4 is 0 Å². The molecule has 1 aliphatic heterocycles. The number of esters is 1. The Labute approximate surface area is 210 Å². The van der Waals surface area contributed by atoms with Gasteiger partial charge in [-0.25, -0.2) is 4.39 Å². The number of ether oxygens (including phenoxy) is 3. The van der Waals surface area contributed by atoms with Crippen LogP contribution in [0.5, 0.6) is 0 Å². The molecule has 1 N–H and O–H groups in total. The van der Waals surface area contributed by atoms with Crippen LogP contribution in [0.15, 0.2) is 23.8 Å². The largest absolute Gasteiger partial charge is 0.458 e. The van der Waals surface area contributed by atoms with Crippen molar-refractivity contribution in [1.82, 2.24) is 0 Å². The topological polar surface area (TPSA) is 99.1 Å². The Morgan fingerprint density at radius 1 is 1.22 bits per heavy atom. The third kappa shape index (κ3) is 2.81. The van der Waals surface area contributed by atoms with E-state index in [0.717, 1.165) is 12.8 Å². The molecule has 1 heterocycles. The number of rotatable bonds is 3. The monoisotopic (exact) mass is 502 g/mol. The summed E-state index contributed by atoms with van der Waals surface area (Å²) >= 11 is 0. The number of hydrogen-bond acceptors (Lipinski definition) is 7. The number of halogens is 1. The van der Waals surface area contributed by atoms with Crippen LogP contribution >= 0.6 is 0 Å². The molecule has 6 rings (SSSR count). The van der Waals surface area contributed by atoms with Crippen molar-refractivity contribution in [2.75, 3.05) is 6.61 Å². The van der Waals surface area contributed by atoms with E-state index in [9.17, 15) is 19.5 Å². The fourth-order valence-corrected chi connectivity index (χ4v) is 8.95. The number of aliphatic hydroxyl groups excluding tert-OH is 1. The van der Waals surface area contributed by atoms with Crippen LogP contribution in [-0.4, -0.2) is 58.5 Å². The first-order valence-electron chi connectivity index (χ1n) is 13.3. The lowest BCUT2D eigenvalue weighted by Gasteiger charge is -2.62. The molecule has 8 atom stereocenters. The summed E-state index contributed by atoms with van der Waals surface area (Å²) in [5.41, 5.74) is -4.74. The van der Waals surface area contributed by atoms with Gasteiger partial charge >= 0.3 is 5.97 Å². The maximum absolute atomic E-state index is 17.4. The highest BCUT2D eigenvalue weighted by atomic mass is 19.1.